The Labute approximate surface area is 144 Å². The minimum Gasteiger partial charge on any atom is -0.480 e. The van der Waals surface area contributed by atoms with Crippen molar-refractivity contribution >= 4 is 61.3 Å². The van der Waals surface area contributed by atoms with Crippen molar-refractivity contribution < 1.29 is 14.7 Å². The molecule has 0 bridgehead atoms. The number of aliphatic carboxylic acids is 1. The first-order chi connectivity index (χ1) is 9.85. The highest BCUT2D eigenvalue weighted by Crippen LogP contribution is 2.32. The molecule has 1 aromatic carbocycles. The van der Waals surface area contributed by atoms with Crippen LogP contribution in [0.4, 0.5) is 10.5 Å². The summed E-state index contributed by atoms with van der Waals surface area (Å²) in [5.74, 6) is -0.379. The lowest BCUT2D eigenvalue weighted by molar-refractivity contribution is -0.139. The van der Waals surface area contributed by atoms with Crippen LogP contribution in [-0.2, 0) is 4.79 Å². The van der Waals surface area contributed by atoms with E-state index in [1.54, 1.807) is 0 Å². The van der Waals surface area contributed by atoms with Crippen molar-refractivity contribution in [2.45, 2.75) is 19.4 Å². The van der Waals surface area contributed by atoms with Gasteiger partial charge in [-0.1, -0.05) is 0 Å². The average molecular weight is 440 g/mol. The van der Waals surface area contributed by atoms with Gasteiger partial charge in [0.1, 0.15) is 6.04 Å². The predicted molar refractivity (Wildman–Crippen MR) is 93.2 cm³/mol. The molecule has 2 amide bonds. The summed E-state index contributed by atoms with van der Waals surface area (Å²) in [4.78, 5) is 23.0. The van der Waals surface area contributed by atoms with Crippen LogP contribution in [0.1, 0.15) is 12.0 Å². The number of thioether (sulfide) groups is 1. The van der Waals surface area contributed by atoms with E-state index in [0.717, 1.165) is 14.5 Å². The molecule has 0 spiro atoms. The quantitative estimate of drug-likeness (QED) is 0.628. The summed E-state index contributed by atoms with van der Waals surface area (Å²) in [6.07, 6.45) is 2.26. The van der Waals surface area contributed by atoms with Crippen LogP contribution >= 0.6 is 43.6 Å². The van der Waals surface area contributed by atoms with Crippen LogP contribution < -0.4 is 10.6 Å². The number of hydrogen-bond acceptors (Lipinski definition) is 3. The number of hydrogen-bond donors (Lipinski definition) is 3. The number of carboxylic acids is 1. The molecular weight excluding hydrogens is 424 g/mol. The second-order valence-electron chi connectivity index (χ2n) is 4.37. The lowest BCUT2D eigenvalue weighted by Crippen LogP contribution is -2.43. The summed E-state index contributed by atoms with van der Waals surface area (Å²) < 4.78 is 1.45. The Bertz CT molecular complexity index is 517. The summed E-state index contributed by atoms with van der Waals surface area (Å²) in [6.45, 7) is 1.93. The van der Waals surface area contributed by atoms with E-state index in [0.29, 0.717) is 17.9 Å². The largest absolute Gasteiger partial charge is 0.480 e. The molecule has 0 radical (unpaired) electrons. The first-order valence-electron chi connectivity index (χ1n) is 6.10. The van der Waals surface area contributed by atoms with Crippen LogP contribution in [-0.4, -0.2) is 35.2 Å². The summed E-state index contributed by atoms with van der Waals surface area (Å²) >= 11 is 8.28. The number of aryl methyl sites for hydroxylation is 1. The van der Waals surface area contributed by atoms with Gasteiger partial charge in [-0.05, 0) is 74.9 Å². The Hall–Kier alpha value is -0.730. The molecule has 0 aliphatic heterocycles. The van der Waals surface area contributed by atoms with Gasteiger partial charge in [0.15, 0.2) is 0 Å². The van der Waals surface area contributed by atoms with Crippen molar-refractivity contribution in [3.63, 3.8) is 0 Å². The maximum Gasteiger partial charge on any atom is 0.326 e. The molecule has 1 unspecified atom stereocenters. The Balaban J connectivity index is 2.74. The van der Waals surface area contributed by atoms with Crippen LogP contribution in [0.5, 0.6) is 0 Å². The number of carboxylic acid groups (broad SMARTS) is 1. The molecule has 1 rings (SSSR count). The number of carbonyl (C=O) groups excluding carboxylic acids is 1. The zero-order chi connectivity index (χ0) is 16.0. The zero-order valence-corrected chi connectivity index (χ0v) is 15.6. The van der Waals surface area contributed by atoms with E-state index in [9.17, 15) is 9.59 Å². The summed E-state index contributed by atoms with van der Waals surface area (Å²) in [5, 5.41) is 14.2. The number of benzene rings is 1. The minimum absolute atomic E-state index is 0.375. The highest BCUT2D eigenvalue weighted by Gasteiger charge is 2.20. The zero-order valence-electron chi connectivity index (χ0n) is 11.6. The van der Waals surface area contributed by atoms with E-state index in [-0.39, 0.29) is 0 Å². The lowest BCUT2D eigenvalue weighted by atomic mass is 10.2. The molecule has 0 aliphatic rings. The fourth-order valence-corrected chi connectivity index (χ4v) is 3.71. The first kappa shape index (κ1) is 18.3. The molecule has 1 aromatic rings. The number of halogens is 2. The number of anilines is 1. The summed E-state index contributed by atoms with van der Waals surface area (Å²) in [6, 6.07) is 2.28. The highest BCUT2D eigenvalue weighted by molar-refractivity contribution is 9.11. The number of rotatable bonds is 6. The van der Waals surface area contributed by atoms with Gasteiger partial charge in [-0.3, -0.25) is 0 Å². The van der Waals surface area contributed by atoms with Gasteiger partial charge in [0.25, 0.3) is 0 Å². The lowest BCUT2D eigenvalue weighted by Gasteiger charge is -2.16. The molecule has 0 aliphatic carbocycles. The third kappa shape index (κ3) is 5.88. The van der Waals surface area contributed by atoms with E-state index in [2.05, 4.69) is 42.5 Å². The van der Waals surface area contributed by atoms with Crippen molar-refractivity contribution in [1.29, 1.82) is 0 Å². The van der Waals surface area contributed by atoms with Crippen LogP contribution in [0, 0.1) is 6.92 Å². The van der Waals surface area contributed by atoms with E-state index in [1.165, 1.54) is 11.8 Å². The molecule has 0 saturated heterocycles. The third-order valence-electron chi connectivity index (χ3n) is 2.64. The molecule has 0 fully saturated rings. The van der Waals surface area contributed by atoms with Crippen LogP contribution in [0.2, 0.25) is 0 Å². The molecule has 1 atom stereocenters. The Kier molecular flexibility index (Phi) is 7.55. The van der Waals surface area contributed by atoms with Gasteiger partial charge in [-0.15, -0.1) is 0 Å². The van der Waals surface area contributed by atoms with E-state index in [4.69, 9.17) is 5.11 Å². The number of nitrogens with one attached hydrogen (secondary N) is 2. The van der Waals surface area contributed by atoms with E-state index >= 15 is 0 Å². The SMILES string of the molecule is CSCCC(NC(=O)Nc1c(Br)cc(C)cc1Br)C(=O)O. The van der Waals surface area contributed by atoms with Crippen molar-refractivity contribution in [1.82, 2.24) is 5.32 Å². The predicted octanol–water partition coefficient (Wildman–Crippen LogP) is 3.85. The maximum atomic E-state index is 11.9. The van der Waals surface area contributed by atoms with Crippen LogP contribution in [0.25, 0.3) is 0 Å². The van der Waals surface area contributed by atoms with Gasteiger partial charge in [-0.2, -0.15) is 11.8 Å². The number of carbonyl (C=O) groups is 2. The monoisotopic (exact) mass is 438 g/mol. The normalized spacial score (nSPS) is 11.8. The van der Waals surface area contributed by atoms with Gasteiger partial charge in [-0.25, -0.2) is 9.59 Å². The summed E-state index contributed by atoms with van der Waals surface area (Å²) in [5.41, 5.74) is 1.59. The molecule has 0 aromatic heterocycles. The average Bonchev–Trinajstić information content (AvgIpc) is 2.38. The van der Waals surface area contributed by atoms with Gasteiger partial charge in [0, 0.05) is 8.95 Å². The molecule has 3 N–H and O–H groups in total. The fraction of sp³-hybridized carbons (Fsp3) is 0.385. The molecule has 0 saturated carbocycles. The van der Waals surface area contributed by atoms with Gasteiger partial charge < -0.3 is 15.7 Å². The van der Waals surface area contributed by atoms with Gasteiger partial charge in [0.2, 0.25) is 0 Å². The topological polar surface area (TPSA) is 78.4 Å². The number of urea groups is 1. The standard InChI is InChI=1S/C13H16Br2N2O3S/c1-7-5-8(14)11(9(15)6-7)17-13(20)16-10(12(18)19)3-4-21-2/h5-6,10H,3-4H2,1-2H3,(H,18,19)(H2,16,17,20). The van der Waals surface area contributed by atoms with Crippen molar-refractivity contribution in [3.8, 4) is 0 Å². The molecule has 5 nitrogen and oxygen atoms in total. The van der Waals surface area contributed by atoms with Gasteiger partial charge >= 0.3 is 12.0 Å². The second kappa shape index (κ2) is 8.65. The molecule has 116 valence electrons. The maximum absolute atomic E-state index is 11.9. The van der Waals surface area contributed by atoms with Gasteiger partial charge in [0.05, 0.1) is 5.69 Å². The molecule has 21 heavy (non-hydrogen) atoms. The second-order valence-corrected chi connectivity index (χ2v) is 7.07. The van der Waals surface area contributed by atoms with Crippen LogP contribution in [0.15, 0.2) is 21.1 Å². The van der Waals surface area contributed by atoms with Crippen molar-refractivity contribution in [2.75, 3.05) is 17.3 Å². The number of amides is 2. The fourth-order valence-electron chi connectivity index (χ4n) is 1.62. The summed E-state index contributed by atoms with van der Waals surface area (Å²) in [7, 11) is 0. The third-order valence-corrected chi connectivity index (χ3v) is 4.53. The van der Waals surface area contributed by atoms with E-state index in [1.807, 2.05) is 25.3 Å². The molecule has 0 heterocycles. The Morgan fingerprint density at radius 2 is 1.90 bits per heavy atom. The highest BCUT2D eigenvalue weighted by atomic mass is 79.9. The Morgan fingerprint density at radius 3 is 2.38 bits per heavy atom. The molecule has 8 heteroatoms. The van der Waals surface area contributed by atoms with Crippen LogP contribution in [0.3, 0.4) is 0 Å². The Morgan fingerprint density at radius 1 is 1.33 bits per heavy atom. The smallest absolute Gasteiger partial charge is 0.326 e. The van der Waals surface area contributed by atoms with Crippen molar-refractivity contribution in [3.05, 3.63) is 26.6 Å². The minimum atomic E-state index is -1.04. The first-order valence-corrected chi connectivity index (χ1v) is 9.08. The van der Waals surface area contributed by atoms with Crippen molar-refractivity contribution in [2.24, 2.45) is 0 Å². The molecular formula is C13H16Br2N2O3S. The van der Waals surface area contributed by atoms with E-state index < -0.39 is 18.0 Å².